The van der Waals surface area contributed by atoms with Crippen LogP contribution in [0.5, 0.6) is 0 Å². The van der Waals surface area contributed by atoms with Crippen LogP contribution in [-0.2, 0) is 0 Å². The number of fused-ring (bicyclic) bond motifs is 9. The molecule has 182 valence electrons. The molecule has 0 bridgehead atoms. The van der Waals surface area contributed by atoms with Crippen LogP contribution in [0.25, 0.3) is 75.3 Å². The van der Waals surface area contributed by atoms with E-state index in [0.717, 1.165) is 16.7 Å². The van der Waals surface area contributed by atoms with Crippen molar-refractivity contribution in [2.45, 2.75) is 0 Å². The molecule has 0 fully saturated rings. The van der Waals surface area contributed by atoms with E-state index in [1.54, 1.807) is 0 Å². The first-order valence-electron chi connectivity index (χ1n) is 13.1. The quantitative estimate of drug-likeness (QED) is 0.225. The van der Waals surface area contributed by atoms with Gasteiger partial charge in [-0.3, -0.25) is 4.98 Å². The molecule has 0 radical (unpaired) electrons. The fourth-order valence-electron chi connectivity index (χ4n) is 6.28. The summed E-state index contributed by atoms with van der Waals surface area (Å²) in [5.74, 6) is 0. The average molecular weight is 516 g/mol. The number of nitrogens with zero attached hydrogens (tertiary/aromatic N) is 3. The number of hydrogen-bond donors (Lipinski definition) is 0. The van der Waals surface area contributed by atoms with E-state index in [4.69, 9.17) is 4.98 Å². The first-order valence-corrected chi connectivity index (χ1v) is 14.0. The molecule has 0 amide bonds. The number of pyridine rings is 1. The van der Waals surface area contributed by atoms with Crippen molar-refractivity contribution in [2.75, 3.05) is 0 Å². The topological polar surface area (TPSA) is 22.8 Å². The van der Waals surface area contributed by atoms with Crippen LogP contribution in [0.3, 0.4) is 0 Å². The summed E-state index contributed by atoms with van der Waals surface area (Å²) >= 11 is 1.87. The smallest absolute Gasteiger partial charge is 0.0963 e. The lowest BCUT2D eigenvalue weighted by molar-refractivity contribution is 1.18. The molecular formula is C35H21N3S. The summed E-state index contributed by atoms with van der Waals surface area (Å²) in [6.07, 6.45) is 1.88. The van der Waals surface area contributed by atoms with E-state index in [1.807, 2.05) is 23.6 Å². The summed E-state index contributed by atoms with van der Waals surface area (Å²) in [4.78, 5) is 4.73. The van der Waals surface area contributed by atoms with Crippen molar-refractivity contribution < 1.29 is 0 Å². The van der Waals surface area contributed by atoms with Crippen molar-refractivity contribution in [2.24, 2.45) is 0 Å². The summed E-state index contributed by atoms with van der Waals surface area (Å²) in [5.41, 5.74) is 8.16. The van der Waals surface area contributed by atoms with Gasteiger partial charge in [0.2, 0.25) is 0 Å². The van der Waals surface area contributed by atoms with Crippen LogP contribution in [0.15, 0.2) is 128 Å². The third-order valence-corrected chi connectivity index (χ3v) is 9.08. The van der Waals surface area contributed by atoms with Gasteiger partial charge in [0.05, 0.1) is 27.6 Å². The van der Waals surface area contributed by atoms with E-state index in [9.17, 15) is 0 Å². The van der Waals surface area contributed by atoms with Gasteiger partial charge in [-0.15, -0.1) is 11.3 Å². The zero-order valence-electron chi connectivity index (χ0n) is 20.9. The molecule has 0 aliphatic heterocycles. The van der Waals surface area contributed by atoms with E-state index < -0.39 is 0 Å². The van der Waals surface area contributed by atoms with E-state index >= 15 is 0 Å². The summed E-state index contributed by atoms with van der Waals surface area (Å²) in [6.45, 7) is 0. The fourth-order valence-corrected chi connectivity index (χ4v) is 7.39. The Morgan fingerprint density at radius 2 is 1.13 bits per heavy atom. The monoisotopic (exact) mass is 515 g/mol. The Hall–Kier alpha value is -4.93. The minimum Gasteiger partial charge on any atom is -0.309 e. The van der Waals surface area contributed by atoms with Gasteiger partial charge < -0.3 is 9.13 Å². The summed E-state index contributed by atoms with van der Waals surface area (Å²) in [5, 5.41) is 6.34. The van der Waals surface area contributed by atoms with Gasteiger partial charge in [-0.05, 0) is 66.7 Å². The Bertz CT molecular complexity index is 2340. The Kier molecular flexibility index (Phi) is 4.21. The molecule has 0 saturated heterocycles. The normalized spacial score (nSPS) is 12.1. The third kappa shape index (κ3) is 2.89. The number of para-hydroxylation sites is 3. The van der Waals surface area contributed by atoms with E-state index in [1.165, 1.54) is 58.6 Å². The highest BCUT2D eigenvalue weighted by atomic mass is 32.1. The van der Waals surface area contributed by atoms with Crippen LogP contribution in [0.2, 0.25) is 0 Å². The minimum atomic E-state index is 1.04. The number of rotatable bonds is 2. The number of thiophene rings is 1. The Balaban J connectivity index is 1.37. The molecule has 4 heteroatoms. The van der Waals surface area contributed by atoms with Crippen molar-refractivity contribution in [3.8, 4) is 11.4 Å². The maximum absolute atomic E-state index is 4.73. The highest BCUT2D eigenvalue weighted by Crippen LogP contribution is 2.42. The SMILES string of the molecule is c1ccc(-n2c3ccccc3c3cc4sc5ccc(-n6c7ccccc7c7ncccc76)cc5c4cc32)cc1. The predicted molar refractivity (Wildman–Crippen MR) is 166 cm³/mol. The lowest BCUT2D eigenvalue weighted by Crippen LogP contribution is -1.93. The van der Waals surface area contributed by atoms with E-state index in [2.05, 4.69) is 124 Å². The summed E-state index contributed by atoms with van der Waals surface area (Å²) in [6, 6.07) is 43.8. The molecule has 4 aromatic heterocycles. The summed E-state index contributed by atoms with van der Waals surface area (Å²) < 4.78 is 7.36. The van der Waals surface area contributed by atoms with Gasteiger partial charge in [0.1, 0.15) is 0 Å². The Morgan fingerprint density at radius 3 is 2.00 bits per heavy atom. The largest absolute Gasteiger partial charge is 0.309 e. The van der Waals surface area contributed by atoms with Crippen molar-refractivity contribution in [3.05, 3.63) is 128 Å². The molecular weight excluding hydrogens is 494 g/mol. The molecule has 0 spiro atoms. The van der Waals surface area contributed by atoms with Gasteiger partial charge >= 0.3 is 0 Å². The number of benzene rings is 5. The average Bonchev–Trinajstić information content (AvgIpc) is 3.63. The third-order valence-electron chi connectivity index (χ3n) is 7.95. The number of hydrogen-bond acceptors (Lipinski definition) is 2. The number of aromatic nitrogens is 3. The lowest BCUT2D eigenvalue weighted by atomic mass is 10.1. The second-order valence-electron chi connectivity index (χ2n) is 10.1. The van der Waals surface area contributed by atoms with Crippen molar-refractivity contribution in [1.29, 1.82) is 0 Å². The molecule has 4 heterocycles. The maximum atomic E-state index is 4.73. The van der Waals surface area contributed by atoms with Gasteiger partial charge in [-0.2, -0.15) is 0 Å². The van der Waals surface area contributed by atoms with Gasteiger partial charge in [0.15, 0.2) is 0 Å². The Morgan fingerprint density at radius 1 is 0.436 bits per heavy atom. The zero-order chi connectivity index (χ0) is 25.5. The first-order chi connectivity index (χ1) is 19.3. The fraction of sp³-hybridized carbons (Fsp3) is 0. The molecule has 9 aromatic rings. The van der Waals surface area contributed by atoms with Crippen molar-refractivity contribution in [3.63, 3.8) is 0 Å². The van der Waals surface area contributed by atoms with Gasteiger partial charge in [0.25, 0.3) is 0 Å². The zero-order valence-corrected chi connectivity index (χ0v) is 21.7. The highest BCUT2D eigenvalue weighted by molar-refractivity contribution is 7.25. The lowest BCUT2D eigenvalue weighted by Gasteiger charge is -2.09. The molecule has 0 unspecified atom stereocenters. The molecule has 0 aliphatic rings. The van der Waals surface area contributed by atoms with Gasteiger partial charge in [-0.1, -0.05) is 54.6 Å². The van der Waals surface area contributed by atoms with Crippen LogP contribution in [0, 0.1) is 0 Å². The molecule has 9 rings (SSSR count). The molecule has 3 nitrogen and oxygen atoms in total. The Labute approximate surface area is 227 Å². The first kappa shape index (κ1) is 21.1. The van der Waals surface area contributed by atoms with Crippen molar-refractivity contribution in [1.82, 2.24) is 14.1 Å². The van der Waals surface area contributed by atoms with Crippen LogP contribution in [-0.4, -0.2) is 14.1 Å². The molecule has 0 saturated carbocycles. The van der Waals surface area contributed by atoms with Gasteiger partial charge in [-0.25, -0.2) is 0 Å². The van der Waals surface area contributed by atoms with Crippen LogP contribution in [0.4, 0.5) is 0 Å². The molecule has 0 N–H and O–H groups in total. The van der Waals surface area contributed by atoms with Crippen molar-refractivity contribution >= 4 is 75.3 Å². The maximum Gasteiger partial charge on any atom is 0.0963 e. The second-order valence-corrected chi connectivity index (χ2v) is 11.1. The van der Waals surface area contributed by atoms with E-state index in [-0.39, 0.29) is 0 Å². The predicted octanol–water partition coefficient (Wildman–Crippen LogP) is 9.64. The van der Waals surface area contributed by atoms with Crippen LogP contribution in [0.1, 0.15) is 0 Å². The molecule has 0 aliphatic carbocycles. The highest BCUT2D eigenvalue weighted by Gasteiger charge is 2.17. The van der Waals surface area contributed by atoms with E-state index in [0.29, 0.717) is 0 Å². The van der Waals surface area contributed by atoms with Crippen LogP contribution >= 0.6 is 11.3 Å². The molecule has 39 heavy (non-hydrogen) atoms. The standard InChI is InChI=1S/C35H21N3S/c1-2-9-22(10-3-1)37-29-13-6-4-11-24(29)26-21-34-28(20-32(26)37)27-19-23(16-17-33(27)39-34)38-30-14-7-5-12-25(30)35-31(38)15-8-18-36-35/h1-21H. The van der Waals surface area contributed by atoms with Gasteiger partial charge in [0, 0.05) is 53.9 Å². The van der Waals surface area contributed by atoms with Crippen LogP contribution < -0.4 is 0 Å². The summed E-state index contributed by atoms with van der Waals surface area (Å²) in [7, 11) is 0. The minimum absolute atomic E-state index is 1.04. The molecule has 0 atom stereocenters. The second kappa shape index (κ2) is 7.79. The molecule has 5 aromatic carbocycles.